The van der Waals surface area contributed by atoms with E-state index in [1.54, 1.807) is 29.2 Å². The number of morpholine rings is 1. The van der Waals surface area contributed by atoms with Crippen molar-refractivity contribution in [2.75, 3.05) is 19.7 Å². The van der Waals surface area contributed by atoms with Gasteiger partial charge < -0.3 is 15.5 Å². The highest BCUT2D eigenvalue weighted by atomic mass is 19.1. The van der Waals surface area contributed by atoms with E-state index >= 15 is 8.78 Å². The number of ether oxygens (including phenoxy) is 1. The molecule has 2 atom stereocenters. The van der Waals surface area contributed by atoms with Gasteiger partial charge in [0.15, 0.2) is 0 Å². The summed E-state index contributed by atoms with van der Waals surface area (Å²) in [5.41, 5.74) is 5.42. The summed E-state index contributed by atoms with van der Waals surface area (Å²) in [5, 5.41) is 10.5. The number of hydrogen-bond acceptors (Lipinski definition) is 5. The van der Waals surface area contributed by atoms with Crippen molar-refractivity contribution in [2.45, 2.75) is 18.6 Å². The van der Waals surface area contributed by atoms with Crippen molar-refractivity contribution in [1.29, 1.82) is 5.26 Å². The van der Waals surface area contributed by atoms with Crippen LogP contribution in [-0.2, 0) is 16.0 Å². The predicted octanol–water partition coefficient (Wildman–Crippen LogP) is 2.09. The number of nitrogens with zero attached hydrogens (tertiary/aromatic N) is 2. The van der Waals surface area contributed by atoms with Crippen LogP contribution in [0.5, 0.6) is 0 Å². The van der Waals surface area contributed by atoms with E-state index in [0.29, 0.717) is 22.9 Å². The molecule has 1 fully saturated rings. The van der Waals surface area contributed by atoms with Gasteiger partial charge in [-0.3, -0.25) is 14.5 Å². The van der Waals surface area contributed by atoms with Crippen molar-refractivity contribution in [3.63, 3.8) is 0 Å². The number of carbonyl (C=O) groups excluding carboxylic acids is 1. The summed E-state index contributed by atoms with van der Waals surface area (Å²) in [4.78, 5) is 27.7. The highest BCUT2D eigenvalue weighted by Gasteiger charge is 2.30. The van der Waals surface area contributed by atoms with Crippen molar-refractivity contribution >= 4 is 16.7 Å². The number of H-pyrrole nitrogens is 1. The average Bonchev–Trinajstić information content (AvgIpc) is 2.79. The van der Waals surface area contributed by atoms with Gasteiger partial charge in [0.1, 0.15) is 23.8 Å². The normalized spacial score (nSPS) is 17.7. The number of amides is 1. The van der Waals surface area contributed by atoms with Crippen molar-refractivity contribution in [3.8, 4) is 17.2 Å². The topological polar surface area (TPSA) is 112 Å². The summed E-state index contributed by atoms with van der Waals surface area (Å²) >= 11 is 0. The zero-order valence-electron chi connectivity index (χ0n) is 17.0. The first-order valence-electron chi connectivity index (χ1n) is 10.0. The van der Waals surface area contributed by atoms with Gasteiger partial charge in [0.2, 0.25) is 5.91 Å². The molecule has 9 heteroatoms. The van der Waals surface area contributed by atoms with Gasteiger partial charge in [-0.2, -0.15) is 5.26 Å². The molecule has 1 saturated heterocycles. The number of nitriles is 1. The molecule has 3 N–H and O–H groups in total. The molecule has 4 rings (SSSR count). The minimum absolute atomic E-state index is 0.0242. The number of hydrogen-bond donors (Lipinski definition) is 2. The van der Waals surface area contributed by atoms with Crippen LogP contribution in [0.4, 0.5) is 8.78 Å². The Hall–Kier alpha value is -3.61. The fourth-order valence-corrected chi connectivity index (χ4v) is 4.00. The summed E-state index contributed by atoms with van der Waals surface area (Å²) in [6.07, 6.45) is 0.536. The number of carbonyl (C=O) groups is 1. The molecule has 7 nitrogen and oxygen atoms in total. The van der Waals surface area contributed by atoms with Crippen LogP contribution in [0.25, 0.3) is 21.9 Å². The molecule has 0 spiro atoms. The van der Waals surface area contributed by atoms with Crippen molar-refractivity contribution in [1.82, 2.24) is 9.88 Å². The molecular formula is C23H20F2N4O3. The number of primary amides is 1. The Kier molecular flexibility index (Phi) is 5.99. The van der Waals surface area contributed by atoms with Gasteiger partial charge in [0, 0.05) is 36.7 Å². The third kappa shape index (κ3) is 4.10. The smallest absolute Gasteiger partial charge is 0.255 e. The van der Waals surface area contributed by atoms with Crippen LogP contribution < -0.4 is 11.3 Å². The van der Waals surface area contributed by atoms with Crippen molar-refractivity contribution in [2.24, 2.45) is 5.73 Å². The largest absolute Gasteiger partial charge is 0.367 e. The van der Waals surface area contributed by atoms with Gasteiger partial charge in [0.05, 0.1) is 12.7 Å². The van der Waals surface area contributed by atoms with E-state index in [9.17, 15) is 14.9 Å². The summed E-state index contributed by atoms with van der Waals surface area (Å²) in [5.74, 6) is -1.96. The minimum atomic E-state index is -0.849. The Balaban J connectivity index is 1.65. The van der Waals surface area contributed by atoms with E-state index < -0.39 is 29.7 Å². The number of benzene rings is 2. The molecular weight excluding hydrogens is 418 g/mol. The number of nitrogens with two attached hydrogens (primary N) is 1. The maximum absolute atomic E-state index is 15.1. The van der Waals surface area contributed by atoms with Gasteiger partial charge in [-0.05, 0) is 40.8 Å². The number of rotatable bonds is 5. The molecule has 2 aromatic carbocycles. The van der Waals surface area contributed by atoms with Crippen LogP contribution in [0.1, 0.15) is 5.56 Å². The zero-order valence-corrected chi connectivity index (χ0v) is 17.0. The monoisotopic (exact) mass is 438 g/mol. The van der Waals surface area contributed by atoms with Gasteiger partial charge in [-0.25, -0.2) is 8.78 Å². The first-order chi connectivity index (χ1) is 15.4. The average molecular weight is 438 g/mol. The van der Waals surface area contributed by atoms with Crippen molar-refractivity contribution < 1.29 is 18.3 Å². The molecule has 32 heavy (non-hydrogen) atoms. The van der Waals surface area contributed by atoms with Crippen LogP contribution in [0, 0.1) is 23.0 Å². The molecule has 3 aromatic rings. The summed E-state index contributed by atoms with van der Waals surface area (Å²) in [7, 11) is 0. The fourth-order valence-electron chi connectivity index (χ4n) is 4.00. The number of aromatic amines is 1. The predicted molar refractivity (Wildman–Crippen MR) is 114 cm³/mol. The Morgan fingerprint density at radius 3 is 2.81 bits per heavy atom. The second kappa shape index (κ2) is 8.86. The Labute approximate surface area is 182 Å². The Morgan fingerprint density at radius 1 is 1.25 bits per heavy atom. The second-order valence-corrected chi connectivity index (χ2v) is 7.60. The van der Waals surface area contributed by atoms with Crippen LogP contribution >= 0.6 is 0 Å². The Bertz CT molecular complexity index is 1280. The van der Waals surface area contributed by atoms with E-state index in [0.717, 1.165) is 12.1 Å². The van der Waals surface area contributed by atoms with Gasteiger partial charge >= 0.3 is 0 Å². The maximum Gasteiger partial charge on any atom is 0.255 e. The molecule has 1 aromatic heterocycles. The Morgan fingerprint density at radius 2 is 2.06 bits per heavy atom. The minimum Gasteiger partial charge on any atom is -0.367 e. The van der Waals surface area contributed by atoms with Crippen LogP contribution in [0.3, 0.4) is 0 Å². The lowest BCUT2D eigenvalue weighted by atomic mass is 9.95. The van der Waals surface area contributed by atoms with E-state index in [4.69, 9.17) is 10.5 Å². The number of pyridine rings is 1. The molecule has 164 valence electrons. The summed E-state index contributed by atoms with van der Waals surface area (Å²) < 4.78 is 35.4. The maximum atomic E-state index is 15.1. The third-order valence-electron chi connectivity index (χ3n) is 5.66. The number of aromatic nitrogens is 1. The highest BCUT2D eigenvalue weighted by molar-refractivity contribution is 5.96. The fraction of sp³-hybridized carbons (Fsp3) is 0.261. The number of nitrogens with one attached hydrogen (secondary N) is 1. The molecule has 0 aliphatic carbocycles. The van der Waals surface area contributed by atoms with E-state index in [-0.39, 0.29) is 36.3 Å². The molecule has 0 bridgehead atoms. The third-order valence-corrected chi connectivity index (χ3v) is 5.66. The lowest BCUT2D eigenvalue weighted by Crippen LogP contribution is -2.52. The van der Waals surface area contributed by atoms with E-state index in [2.05, 4.69) is 11.1 Å². The first kappa shape index (κ1) is 21.6. The van der Waals surface area contributed by atoms with Crippen LogP contribution in [-0.4, -0.2) is 47.6 Å². The summed E-state index contributed by atoms with van der Waals surface area (Å²) in [6.45, 7) is 0.691. The van der Waals surface area contributed by atoms with Crippen LogP contribution in [0.2, 0.25) is 0 Å². The van der Waals surface area contributed by atoms with Crippen molar-refractivity contribution in [3.05, 3.63) is 70.1 Å². The molecule has 2 heterocycles. The number of fused-ring (bicyclic) bond motifs is 1. The number of halogens is 2. The molecule has 1 aliphatic heterocycles. The molecule has 0 radical (unpaired) electrons. The SMILES string of the molecule is N#C[C@H](Cc1cc(F)c(-c2cccc3c(=O)[nH]ccc23)cc1F)N1CCO[C@H](C(N)=O)C1. The molecule has 1 amide bonds. The van der Waals surface area contributed by atoms with E-state index in [1.807, 2.05) is 0 Å². The lowest BCUT2D eigenvalue weighted by molar-refractivity contribution is -0.135. The van der Waals surface area contributed by atoms with Gasteiger partial charge in [-0.15, -0.1) is 0 Å². The van der Waals surface area contributed by atoms with Gasteiger partial charge in [0.25, 0.3) is 5.56 Å². The zero-order chi connectivity index (χ0) is 22.8. The highest BCUT2D eigenvalue weighted by Crippen LogP contribution is 2.31. The standard InChI is InChI=1S/C23H20F2N4O3/c24-19-10-18(15-2-1-3-17-16(15)4-5-28-23(17)31)20(25)9-13(19)8-14(11-26)29-6-7-32-21(12-29)22(27)30/h1-5,9-10,14,21H,6-8,12H2,(H2,27,30)(H,28,31)/t14-,21-/m0/s1. The lowest BCUT2D eigenvalue weighted by Gasteiger charge is -2.34. The van der Waals surface area contributed by atoms with E-state index in [1.165, 1.54) is 6.20 Å². The van der Waals surface area contributed by atoms with Crippen LogP contribution in [0.15, 0.2) is 47.4 Å². The molecule has 1 aliphatic rings. The summed E-state index contributed by atoms with van der Waals surface area (Å²) in [6, 6.07) is 9.95. The first-order valence-corrected chi connectivity index (χ1v) is 10.0. The second-order valence-electron chi connectivity index (χ2n) is 7.60. The quantitative estimate of drug-likeness (QED) is 0.634. The molecule has 0 unspecified atom stereocenters. The molecule has 0 saturated carbocycles. The van der Waals surface area contributed by atoms with Gasteiger partial charge in [-0.1, -0.05) is 12.1 Å².